The van der Waals surface area contributed by atoms with Gasteiger partial charge in [-0.15, -0.1) is 12.6 Å². The SMILES string of the molecule is C=CN(C)c1nc(-c2cccc(C(C)(F)S)c2)ccc1/N=C\CC. The molecule has 1 aromatic heterocycles. The maximum atomic E-state index is 14.1. The molecule has 0 spiro atoms. The Hall–Kier alpha value is -2.14. The predicted octanol–water partition coefficient (Wildman–Crippen LogP) is 5.51. The molecule has 126 valence electrons. The monoisotopic (exact) mass is 343 g/mol. The molecule has 0 saturated heterocycles. The summed E-state index contributed by atoms with van der Waals surface area (Å²) in [5.74, 6) is 0.700. The van der Waals surface area contributed by atoms with Crippen molar-refractivity contribution in [3.05, 3.63) is 54.7 Å². The van der Waals surface area contributed by atoms with Crippen molar-refractivity contribution in [2.45, 2.75) is 25.3 Å². The van der Waals surface area contributed by atoms with Crippen LogP contribution in [0.1, 0.15) is 25.8 Å². The van der Waals surface area contributed by atoms with Gasteiger partial charge in [-0.25, -0.2) is 9.37 Å². The lowest BCUT2D eigenvalue weighted by Crippen LogP contribution is -2.10. The van der Waals surface area contributed by atoms with E-state index in [1.165, 1.54) is 6.92 Å². The highest BCUT2D eigenvalue weighted by Gasteiger charge is 2.20. The number of aliphatic imine (C=N–C) groups is 1. The van der Waals surface area contributed by atoms with E-state index in [1.54, 1.807) is 24.4 Å². The third-order valence-electron chi connectivity index (χ3n) is 3.56. The Balaban J connectivity index is 2.52. The molecular formula is C19H22FN3S. The van der Waals surface area contributed by atoms with Gasteiger partial charge in [0.15, 0.2) is 10.8 Å². The van der Waals surface area contributed by atoms with Gasteiger partial charge in [-0.05, 0) is 43.3 Å². The number of hydrogen-bond donors (Lipinski definition) is 1. The Morgan fingerprint density at radius 2 is 2.12 bits per heavy atom. The molecule has 1 heterocycles. The van der Waals surface area contributed by atoms with E-state index in [2.05, 4.69) is 29.2 Å². The fourth-order valence-corrected chi connectivity index (χ4v) is 2.34. The van der Waals surface area contributed by atoms with Crippen LogP contribution in [0.3, 0.4) is 0 Å². The number of rotatable bonds is 6. The summed E-state index contributed by atoms with van der Waals surface area (Å²) >= 11 is 4.00. The highest BCUT2D eigenvalue weighted by molar-refractivity contribution is 7.81. The van der Waals surface area contributed by atoms with E-state index in [0.29, 0.717) is 11.4 Å². The Labute approximate surface area is 148 Å². The number of hydrogen-bond acceptors (Lipinski definition) is 4. The lowest BCUT2D eigenvalue weighted by Gasteiger charge is -2.17. The van der Waals surface area contributed by atoms with Crippen molar-refractivity contribution in [3.63, 3.8) is 0 Å². The summed E-state index contributed by atoms with van der Waals surface area (Å²) in [4.78, 5) is 10.9. The molecule has 1 aromatic carbocycles. The number of aromatic nitrogens is 1. The Bertz CT molecular complexity index is 751. The third kappa shape index (κ3) is 4.23. The van der Waals surface area contributed by atoms with E-state index in [4.69, 9.17) is 0 Å². The average molecular weight is 343 g/mol. The van der Waals surface area contributed by atoms with Crippen LogP contribution in [-0.2, 0) is 5.00 Å². The normalized spacial score (nSPS) is 13.7. The quantitative estimate of drug-likeness (QED) is 0.553. The molecule has 2 aromatic rings. The van der Waals surface area contributed by atoms with Gasteiger partial charge in [0, 0.05) is 18.8 Å². The van der Waals surface area contributed by atoms with Gasteiger partial charge in [0.25, 0.3) is 0 Å². The number of nitrogens with zero attached hydrogens (tertiary/aromatic N) is 3. The maximum Gasteiger partial charge on any atom is 0.175 e. The zero-order chi connectivity index (χ0) is 17.7. The second-order valence-corrected chi connectivity index (χ2v) is 6.43. The molecule has 0 radical (unpaired) electrons. The first-order valence-electron chi connectivity index (χ1n) is 7.78. The molecule has 0 aliphatic heterocycles. The van der Waals surface area contributed by atoms with Crippen LogP contribution < -0.4 is 4.90 Å². The van der Waals surface area contributed by atoms with E-state index < -0.39 is 5.00 Å². The average Bonchev–Trinajstić information content (AvgIpc) is 2.58. The first-order chi connectivity index (χ1) is 11.4. The minimum atomic E-state index is -1.69. The van der Waals surface area contributed by atoms with Crippen LogP contribution in [-0.4, -0.2) is 18.2 Å². The van der Waals surface area contributed by atoms with Gasteiger partial charge in [-0.2, -0.15) is 0 Å². The van der Waals surface area contributed by atoms with Crippen LogP contribution >= 0.6 is 12.6 Å². The molecule has 5 heteroatoms. The fourth-order valence-electron chi connectivity index (χ4n) is 2.20. The van der Waals surface area contributed by atoms with Crippen molar-refractivity contribution in [3.8, 4) is 11.3 Å². The Morgan fingerprint density at radius 1 is 1.38 bits per heavy atom. The fraction of sp³-hybridized carbons (Fsp3) is 0.263. The topological polar surface area (TPSA) is 28.5 Å². The summed E-state index contributed by atoms with van der Waals surface area (Å²) in [7, 11) is 1.87. The zero-order valence-electron chi connectivity index (χ0n) is 14.2. The molecule has 1 unspecified atom stereocenters. The van der Waals surface area contributed by atoms with Crippen molar-refractivity contribution in [1.29, 1.82) is 0 Å². The van der Waals surface area contributed by atoms with Gasteiger partial charge in [-0.3, -0.25) is 4.99 Å². The van der Waals surface area contributed by atoms with Gasteiger partial charge >= 0.3 is 0 Å². The highest BCUT2D eigenvalue weighted by atomic mass is 32.1. The van der Waals surface area contributed by atoms with Crippen LogP contribution in [0.15, 0.2) is 54.2 Å². The molecule has 0 N–H and O–H groups in total. The number of anilines is 1. The zero-order valence-corrected chi connectivity index (χ0v) is 15.1. The number of benzene rings is 1. The van der Waals surface area contributed by atoms with Gasteiger partial charge in [0.2, 0.25) is 0 Å². The lowest BCUT2D eigenvalue weighted by atomic mass is 10.0. The van der Waals surface area contributed by atoms with Gasteiger partial charge in [0.05, 0.1) is 5.69 Å². The molecule has 1 atom stereocenters. The summed E-state index contributed by atoms with van der Waals surface area (Å²) in [6.45, 7) is 7.23. The second kappa shape index (κ2) is 7.62. The van der Waals surface area contributed by atoms with Crippen LogP contribution in [0.5, 0.6) is 0 Å². The van der Waals surface area contributed by atoms with Gasteiger partial charge < -0.3 is 4.90 Å². The molecule has 0 amide bonds. The van der Waals surface area contributed by atoms with Crippen molar-refractivity contribution in [2.75, 3.05) is 11.9 Å². The third-order valence-corrected chi connectivity index (χ3v) is 3.82. The molecular weight excluding hydrogens is 321 g/mol. The van der Waals surface area contributed by atoms with E-state index in [9.17, 15) is 4.39 Å². The summed E-state index contributed by atoms with van der Waals surface area (Å²) in [5.41, 5.74) is 2.84. The number of thiol groups is 1. The van der Waals surface area contributed by atoms with Crippen molar-refractivity contribution in [2.24, 2.45) is 4.99 Å². The molecule has 0 fully saturated rings. The highest BCUT2D eigenvalue weighted by Crippen LogP contribution is 2.34. The maximum absolute atomic E-state index is 14.1. The molecule has 0 aliphatic rings. The predicted molar refractivity (Wildman–Crippen MR) is 104 cm³/mol. The minimum Gasteiger partial charge on any atom is -0.335 e. The van der Waals surface area contributed by atoms with Crippen LogP contribution in [0.25, 0.3) is 11.3 Å². The molecule has 24 heavy (non-hydrogen) atoms. The largest absolute Gasteiger partial charge is 0.335 e. The van der Waals surface area contributed by atoms with Gasteiger partial charge in [-0.1, -0.05) is 31.7 Å². The van der Waals surface area contributed by atoms with E-state index in [-0.39, 0.29) is 0 Å². The first kappa shape index (κ1) is 18.2. The first-order valence-corrected chi connectivity index (χ1v) is 8.22. The van der Waals surface area contributed by atoms with E-state index in [1.807, 2.05) is 43.3 Å². The lowest BCUT2D eigenvalue weighted by molar-refractivity contribution is 0.328. The number of alkyl halides is 1. The number of halogens is 1. The molecule has 2 rings (SSSR count). The standard InChI is InChI=1S/C19H22FN3S/c1-5-12-21-17-11-10-16(22-18(17)23(4)6-2)14-8-7-9-15(13-14)19(3,20)24/h6-13,24H,2,5H2,1,3-4H3/b21-12-. The summed E-state index contributed by atoms with van der Waals surface area (Å²) in [5, 5.41) is -1.69. The van der Waals surface area contributed by atoms with Crippen LogP contribution in [0.4, 0.5) is 15.9 Å². The van der Waals surface area contributed by atoms with E-state index in [0.717, 1.165) is 23.4 Å². The van der Waals surface area contributed by atoms with Gasteiger partial charge in [0.1, 0.15) is 5.69 Å². The van der Waals surface area contributed by atoms with Crippen molar-refractivity contribution >= 4 is 30.3 Å². The van der Waals surface area contributed by atoms with E-state index >= 15 is 0 Å². The summed E-state index contributed by atoms with van der Waals surface area (Å²) < 4.78 is 14.1. The second-order valence-electron chi connectivity index (χ2n) is 5.59. The Morgan fingerprint density at radius 3 is 2.75 bits per heavy atom. The van der Waals surface area contributed by atoms with Crippen molar-refractivity contribution in [1.82, 2.24) is 4.98 Å². The number of pyridine rings is 1. The smallest absolute Gasteiger partial charge is 0.175 e. The Kier molecular flexibility index (Phi) is 5.78. The summed E-state index contributed by atoms with van der Waals surface area (Å²) in [6.07, 6.45) is 4.37. The minimum absolute atomic E-state index is 0.497. The molecule has 0 bridgehead atoms. The van der Waals surface area contributed by atoms with Crippen molar-refractivity contribution < 1.29 is 4.39 Å². The van der Waals surface area contributed by atoms with Crippen LogP contribution in [0, 0.1) is 0 Å². The molecule has 0 aliphatic carbocycles. The van der Waals surface area contributed by atoms with Crippen LogP contribution in [0.2, 0.25) is 0 Å². The summed E-state index contributed by atoms with van der Waals surface area (Å²) in [6, 6.07) is 11.0. The molecule has 3 nitrogen and oxygen atoms in total. The molecule has 0 saturated carbocycles.